The minimum absolute atomic E-state index is 0.00254. The number of hydrogen-bond donors (Lipinski definition) is 1. The van der Waals surface area contributed by atoms with Gasteiger partial charge in [-0.25, -0.2) is 4.79 Å². The van der Waals surface area contributed by atoms with Crippen LogP contribution >= 0.6 is 0 Å². The number of urea groups is 1. The highest BCUT2D eigenvalue weighted by atomic mass is 16.4. The average molecular weight is 298 g/mol. The summed E-state index contributed by atoms with van der Waals surface area (Å²) in [7, 11) is 1.80. The Hall–Kier alpha value is -1.26. The number of amides is 2. The first-order valence-electron chi connectivity index (χ1n) is 7.80. The summed E-state index contributed by atoms with van der Waals surface area (Å²) in [5, 5.41) is 9.52. The smallest absolute Gasteiger partial charge is 0.320 e. The average Bonchev–Trinajstić information content (AvgIpc) is 2.81. The molecule has 5 heteroatoms. The molecule has 2 amide bonds. The van der Waals surface area contributed by atoms with Gasteiger partial charge in [0.25, 0.3) is 0 Å². The number of rotatable bonds is 4. The van der Waals surface area contributed by atoms with Crippen LogP contribution in [0.4, 0.5) is 4.79 Å². The summed E-state index contributed by atoms with van der Waals surface area (Å²) in [6, 6.07) is 0.0349. The highest BCUT2D eigenvalue weighted by Gasteiger charge is 2.46. The van der Waals surface area contributed by atoms with E-state index in [-0.39, 0.29) is 17.5 Å². The van der Waals surface area contributed by atoms with E-state index in [1.165, 1.54) is 0 Å². The zero-order valence-corrected chi connectivity index (χ0v) is 14.3. The molecule has 1 rings (SSSR count). The van der Waals surface area contributed by atoms with Crippen molar-refractivity contribution in [2.24, 2.45) is 10.8 Å². The van der Waals surface area contributed by atoms with Crippen LogP contribution in [0.1, 0.15) is 53.9 Å². The minimum Gasteiger partial charge on any atom is -0.481 e. The summed E-state index contributed by atoms with van der Waals surface area (Å²) in [5.74, 6) is -0.772. The fourth-order valence-electron chi connectivity index (χ4n) is 2.97. The van der Waals surface area contributed by atoms with Crippen molar-refractivity contribution in [1.29, 1.82) is 0 Å². The predicted molar refractivity (Wildman–Crippen MR) is 83.2 cm³/mol. The van der Waals surface area contributed by atoms with Crippen LogP contribution in [-0.2, 0) is 4.79 Å². The first kappa shape index (κ1) is 17.8. The Morgan fingerprint density at radius 3 is 2.38 bits per heavy atom. The molecule has 0 aromatic rings. The lowest BCUT2D eigenvalue weighted by molar-refractivity contribution is -0.148. The van der Waals surface area contributed by atoms with Crippen LogP contribution < -0.4 is 0 Å². The molecule has 1 saturated heterocycles. The molecule has 0 saturated carbocycles. The lowest BCUT2D eigenvalue weighted by Gasteiger charge is -2.37. The lowest BCUT2D eigenvalue weighted by atomic mass is 9.83. The number of hydrogen-bond acceptors (Lipinski definition) is 2. The Labute approximate surface area is 128 Å². The van der Waals surface area contributed by atoms with Gasteiger partial charge < -0.3 is 14.9 Å². The molecule has 1 aliphatic heterocycles. The van der Waals surface area contributed by atoms with Crippen LogP contribution in [0.5, 0.6) is 0 Å². The third kappa shape index (κ3) is 3.69. The van der Waals surface area contributed by atoms with Gasteiger partial charge in [0.15, 0.2) is 0 Å². The molecule has 0 spiro atoms. The maximum absolute atomic E-state index is 12.6. The lowest BCUT2D eigenvalue weighted by Crippen LogP contribution is -2.49. The molecule has 2 atom stereocenters. The van der Waals surface area contributed by atoms with Gasteiger partial charge in [0.2, 0.25) is 0 Å². The zero-order chi connectivity index (χ0) is 16.4. The van der Waals surface area contributed by atoms with E-state index >= 15 is 0 Å². The van der Waals surface area contributed by atoms with E-state index in [0.29, 0.717) is 25.9 Å². The van der Waals surface area contributed by atoms with Gasteiger partial charge in [-0.1, -0.05) is 34.1 Å². The minimum atomic E-state index is -0.772. The second-order valence-corrected chi connectivity index (χ2v) is 7.44. The van der Waals surface area contributed by atoms with Gasteiger partial charge in [0.1, 0.15) is 0 Å². The van der Waals surface area contributed by atoms with E-state index in [9.17, 15) is 14.7 Å². The monoisotopic (exact) mass is 298 g/mol. The van der Waals surface area contributed by atoms with Crippen LogP contribution in [-0.4, -0.2) is 53.1 Å². The van der Waals surface area contributed by atoms with Crippen LogP contribution in [0.3, 0.4) is 0 Å². The van der Waals surface area contributed by atoms with E-state index in [2.05, 4.69) is 20.8 Å². The molecule has 0 radical (unpaired) electrons. The van der Waals surface area contributed by atoms with E-state index < -0.39 is 11.4 Å². The van der Waals surface area contributed by atoms with Gasteiger partial charge in [-0.3, -0.25) is 4.79 Å². The number of likely N-dealkylation sites (tertiary alicyclic amines) is 1. The normalized spacial score (nSPS) is 24.0. The quantitative estimate of drug-likeness (QED) is 0.867. The van der Waals surface area contributed by atoms with Gasteiger partial charge in [0.05, 0.1) is 5.41 Å². The largest absolute Gasteiger partial charge is 0.481 e. The predicted octanol–water partition coefficient (Wildman–Crippen LogP) is 3.05. The summed E-state index contributed by atoms with van der Waals surface area (Å²) < 4.78 is 0. The molecule has 1 N–H and O–H groups in total. The SMILES string of the molecule is CCCC1(C(=O)O)CCN(C(=O)N(C)C(C)C(C)(C)C)C1. The van der Waals surface area contributed by atoms with Crippen molar-refractivity contribution < 1.29 is 14.7 Å². The Bertz CT molecular complexity index is 403. The zero-order valence-electron chi connectivity index (χ0n) is 14.3. The van der Waals surface area contributed by atoms with Crippen LogP contribution in [0.25, 0.3) is 0 Å². The molecule has 0 bridgehead atoms. The third-order valence-electron chi connectivity index (χ3n) is 4.94. The number of carboxylic acid groups (broad SMARTS) is 1. The van der Waals surface area contributed by atoms with E-state index in [1.54, 1.807) is 16.8 Å². The summed E-state index contributed by atoms with van der Waals surface area (Å²) in [5.41, 5.74) is -0.756. The number of carbonyl (C=O) groups excluding carboxylic acids is 1. The fraction of sp³-hybridized carbons (Fsp3) is 0.875. The first-order valence-corrected chi connectivity index (χ1v) is 7.80. The summed E-state index contributed by atoms with van der Waals surface area (Å²) in [4.78, 5) is 27.6. The fourth-order valence-corrected chi connectivity index (χ4v) is 2.97. The van der Waals surface area contributed by atoms with Gasteiger partial charge in [-0.05, 0) is 25.2 Å². The third-order valence-corrected chi connectivity index (χ3v) is 4.94. The van der Waals surface area contributed by atoms with Crippen molar-refractivity contribution in [3.8, 4) is 0 Å². The van der Waals surface area contributed by atoms with E-state index in [1.807, 2.05) is 13.8 Å². The van der Waals surface area contributed by atoms with Crippen LogP contribution in [0.15, 0.2) is 0 Å². The van der Waals surface area contributed by atoms with Crippen molar-refractivity contribution in [2.45, 2.75) is 59.9 Å². The summed E-state index contributed by atoms with van der Waals surface area (Å²) in [6.45, 7) is 11.2. The number of aliphatic carboxylic acids is 1. The number of carbonyl (C=O) groups is 2. The number of carboxylic acids is 1. The Balaban J connectivity index is 2.80. The summed E-state index contributed by atoms with van der Waals surface area (Å²) in [6.07, 6.45) is 2.01. The van der Waals surface area contributed by atoms with Gasteiger partial charge >= 0.3 is 12.0 Å². The highest BCUT2D eigenvalue weighted by molar-refractivity contribution is 5.80. The standard InChI is InChI=1S/C16H30N2O3/c1-7-8-16(13(19)20)9-10-18(11-16)14(21)17(6)12(2)15(3,4)5/h12H,7-11H2,1-6H3,(H,19,20). The molecule has 0 aromatic heterocycles. The number of nitrogens with zero attached hydrogens (tertiary/aromatic N) is 2. The van der Waals surface area contributed by atoms with Crippen LogP contribution in [0.2, 0.25) is 0 Å². The molecule has 1 fully saturated rings. The second kappa shape index (κ2) is 6.24. The first-order chi connectivity index (χ1) is 9.55. The molecular formula is C16H30N2O3. The molecule has 21 heavy (non-hydrogen) atoms. The van der Waals surface area contributed by atoms with E-state index in [4.69, 9.17) is 0 Å². The van der Waals surface area contributed by atoms with Crippen molar-refractivity contribution in [3.63, 3.8) is 0 Å². The van der Waals surface area contributed by atoms with E-state index in [0.717, 1.165) is 6.42 Å². The van der Waals surface area contributed by atoms with Crippen molar-refractivity contribution in [1.82, 2.24) is 9.80 Å². The van der Waals surface area contributed by atoms with Crippen LogP contribution in [0, 0.1) is 10.8 Å². The maximum Gasteiger partial charge on any atom is 0.320 e. The highest BCUT2D eigenvalue weighted by Crippen LogP contribution is 2.36. The van der Waals surface area contributed by atoms with Gasteiger partial charge in [-0.15, -0.1) is 0 Å². The molecule has 1 aliphatic rings. The molecule has 122 valence electrons. The Morgan fingerprint density at radius 2 is 1.95 bits per heavy atom. The maximum atomic E-state index is 12.6. The van der Waals surface area contributed by atoms with Gasteiger partial charge in [-0.2, -0.15) is 0 Å². The molecule has 0 aliphatic carbocycles. The van der Waals surface area contributed by atoms with Gasteiger partial charge in [0, 0.05) is 26.2 Å². The topological polar surface area (TPSA) is 60.9 Å². The van der Waals surface area contributed by atoms with Crippen molar-refractivity contribution in [2.75, 3.05) is 20.1 Å². The molecule has 0 aromatic carbocycles. The molecule has 5 nitrogen and oxygen atoms in total. The summed E-state index contributed by atoms with van der Waals surface area (Å²) >= 11 is 0. The molecule has 1 heterocycles. The van der Waals surface area contributed by atoms with Crippen molar-refractivity contribution in [3.05, 3.63) is 0 Å². The Kier molecular flexibility index (Phi) is 5.29. The Morgan fingerprint density at radius 1 is 1.38 bits per heavy atom. The second-order valence-electron chi connectivity index (χ2n) is 7.44. The van der Waals surface area contributed by atoms with Crippen molar-refractivity contribution >= 4 is 12.0 Å². The molecule has 2 unspecified atom stereocenters. The molecular weight excluding hydrogens is 268 g/mol.